The molecule has 0 fully saturated rings. The van der Waals surface area contributed by atoms with E-state index < -0.39 is 5.91 Å². The lowest BCUT2D eigenvalue weighted by atomic mass is 10.1. The van der Waals surface area contributed by atoms with Gasteiger partial charge in [-0.3, -0.25) is 4.79 Å². The molecule has 0 aliphatic heterocycles. The van der Waals surface area contributed by atoms with Gasteiger partial charge in [-0.25, -0.2) is 15.0 Å². The van der Waals surface area contributed by atoms with Gasteiger partial charge in [0.05, 0.1) is 5.52 Å². The van der Waals surface area contributed by atoms with E-state index in [2.05, 4.69) is 20.3 Å². The number of carbonyl (C=O) groups excluding carboxylic acids is 1. The van der Waals surface area contributed by atoms with E-state index in [1.54, 1.807) is 18.3 Å². The van der Waals surface area contributed by atoms with Crippen LogP contribution >= 0.6 is 0 Å². The summed E-state index contributed by atoms with van der Waals surface area (Å²) in [5.41, 5.74) is 9.24. The van der Waals surface area contributed by atoms with Gasteiger partial charge < -0.3 is 11.1 Å². The Morgan fingerprint density at radius 2 is 2.00 bits per heavy atom. The number of aromatic nitrogens is 3. The van der Waals surface area contributed by atoms with Crippen LogP contribution in [0, 0.1) is 6.92 Å². The molecule has 4 rings (SSSR count). The number of carbonyl (C=O) groups is 1. The van der Waals surface area contributed by atoms with E-state index in [1.807, 2.05) is 37.3 Å². The van der Waals surface area contributed by atoms with Crippen molar-refractivity contribution < 1.29 is 4.79 Å². The molecule has 2 aromatic carbocycles. The van der Waals surface area contributed by atoms with Crippen molar-refractivity contribution in [1.82, 2.24) is 15.0 Å². The molecule has 25 heavy (non-hydrogen) atoms. The molecule has 3 N–H and O–H groups in total. The number of anilines is 2. The molecule has 6 nitrogen and oxygen atoms in total. The topological polar surface area (TPSA) is 93.8 Å². The number of nitrogens with two attached hydrogens (primary N) is 1. The van der Waals surface area contributed by atoms with Crippen molar-refractivity contribution in [2.75, 3.05) is 5.32 Å². The number of pyridine rings is 1. The van der Waals surface area contributed by atoms with Crippen molar-refractivity contribution in [1.29, 1.82) is 0 Å². The number of hydrogen-bond donors (Lipinski definition) is 2. The number of rotatable bonds is 3. The van der Waals surface area contributed by atoms with E-state index >= 15 is 0 Å². The Hall–Kier alpha value is -3.54. The fourth-order valence-electron chi connectivity index (χ4n) is 2.84. The average Bonchev–Trinajstić information content (AvgIpc) is 2.61. The van der Waals surface area contributed by atoms with Crippen LogP contribution in [0.5, 0.6) is 0 Å². The highest BCUT2D eigenvalue weighted by Crippen LogP contribution is 2.29. The van der Waals surface area contributed by atoms with Crippen LogP contribution in [0.1, 0.15) is 15.9 Å². The zero-order valence-electron chi connectivity index (χ0n) is 13.5. The molecular formula is C19H15N5O. The predicted molar refractivity (Wildman–Crippen MR) is 97.8 cm³/mol. The predicted octanol–water partition coefficient (Wildman–Crippen LogP) is 3.33. The van der Waals surface area contributed by atoms with Gasteiger partial charge in [0.2, 0.25) is 5.91 Å². The van der Waals surface area contributed by atoms with Gasteiger partial charge in [0.1, 0.15) is 11.8 Å². The third kappa shape index (κ3) is 2.74. The molecule has 1 amide bonds. The highest BCUT2D eigenvalue weighted by Gasteiger charge is 2.12. The Morgan fingerprint density at radius 3 is 2.80 bits per heavy atom. The Kier molecular flexibility index (Phi) is 3.50. The van der Waals surface area contributed by atoms with Crippen LogP contribution in [0.15, 0.2) is 55.0 Å². The minimum atomic E-state index is -0.485. The van der Waals surface area contributed by atoms with Gasteiger partial charge in [-0.15, -0.1) is 0 Å². The van der Waals surface area contributed by atoms with Gasteiger partial charge in [0.25, 0.3) is 0 Å². The first kappa shape index (κ1) is 15.0. The lowest BCUT2D eigenvalue weighted by Gasteiger charge is -2.11. The van der Waals surface area contributed by atoms with Gasteiger partial charge in [0.15, 0.2) is 5.82 Å². The largest absolute Gasteiger partial charge is 0.366 e. The van der Waals surface area contributed by atoms with Crippen molar-refractivity contribution in [3.8, 4) is 0 Å². The Balaban J connectivity index is 1.96. The van der Waals surface area contributed by atoms with Crippen molar-refractivity contribution in [3.05, 3.63) is 66.1 Å². The quantitative estimate of drug-likeness (QED) is 0.562. The maximum Gasteiger partial charge on any atom is 0.248 e. The molecule has 0 unspecified atom stereocenters. The van der Waals surface area contributed by atoms with Gasteiger partial charge in [-0.2, -0.15) is 0 Å². The van der Waals surface area contributed by atoms with E-state index in [9.17, 15) is 4.79 Å². The maximum atomic E-state index is 11.5. The minimum absolute atomic E-state index is 0.415. The second-order valence-corrected chi connectivity index (χ2v) is 5.84. The number of benzene rings is 2. The second kappa shape index (κ2) is 5.83. The molecule has 0 aliphatic carbocycles. The summed E-state index contributed by atoms with van der Waals surface area (Å²) < 4.78 is 0. The van der Waals surface area contributed by atoms with E-state index in [1.165, 1.54) is 6.33 Å². The molecule has 0 spiro atoms. The first-order chi connectivity index (χ1) is 12.1. The van der Waals surface area contributed by atoms with E-state index in [4.69, 9.17) is 5.73 Å². The number of nitrogens with zero attached hydrogens (tertiary/aromatic N) is 3. The molecule has 0 saturated heterocycles. The number of aryl methyl sites for hydroxylation is 1. The molecule has 2 heterocycles. The van der Waals surface area contributed by atoms with E-state index in [0.717, 1.165) is 27.5 Å². The SMILES string of the molecule is Cc1cccc(Nc2nc3cc(C(N)=O)ccc3c3cncnc23)c1. The molecular weight excluding hydrogens is 314 g/mol. The number of nitrogens with one attached hydrogen (secondary N) is 1. The van der Waals surface area contributed by atoms with Gasteiger partial charge in [-0.05, 0) is 36.8 Å². The highest BCUT2D eigenvalue weighted by molar-refractivity contribution is 6.10. The minimum Gasteiger partial charge on any atom is -0.366 e. The summed E-state index contributed by atoms with van der Waals surface area (Å²) in [5, 5.41) is 5.04. The molecule has 0 bridgehead atoms. The molecule has 0 atom stereocenters. The zero-order chi connectivity index (χ0) is 17.4. The van der Waals surface area contributed by atoms with Crippen molar-refractivity contribution in [3.63, 3.8) is 0 Å². The van der Waals surface area contributed by atoms with Crippen LogP contribution in [-0.2, 0) is 0 Å². The van der Waals surface area contributed by atoms with Crippen molar-refractivity contribution in [2.24, 2.45) is 5.73 Å². The van der Waals surface area contributed by atoms with Gasteiger partial charge >= 0.3 is 0 Å². The zero-order valence-corrected chi connectivity index (χ0v) is 13.5. The van der Waals surface area contributed by atoms with Crippen LogP contribution in [-0.4, -0.2) is 20.9 Å². The number of fused-ring (bicyclic) bond motifs is 3. The maximum absolute atomic E-state index is 11.5. The van der Waals surface area contributed by atoms with Crippen molar-refractivity contribution in [2.45, 2.75) is 6.92 Å². The standard InChI is InChI=1S/C19H15N5O/c1-11-3-2-4-13(7-11)23-19-17-15(9-21-10-22-17)14-6-5-12(18(20)25)8-16(14)24-19/h2-10H,1H3,(H2,20,25)(H,23,24). The molecule has 2 aromatic heterocycles. The highest BCUT2D eigenvalue weighted by atomic mass is 16.1. The average molecular weight is 329 g/mol. The third-order valence-electron chi connectivity index (χ3n) is 4.02. The summed E-state index contributed by atoms with van der Waals surface area (Å²) in [6, 6.07) is 13.2. The lowest BCUT2D eigenvalue weighted by molar-refractivity contribution is 0.100. The summed E-state index contributed by atoms with van der Waals surface area (Å²) in [6.07, 6.45) is 3.24. The fraction of sp³-hybridized carbons (Fsp3) is 0.0526. The van der Waals surface area contributed by atoms with E-state index in [-0.39, 0.29) is 0 Å². The van der Waals surface area contributed by atoms with E-state index in [0.29, 0.717) is 16.9 Å². The summed E-state index contributed by atoms with van der Waals surface area (Å²) in [4.78, 5) is 24.6. The normalized spacial score (nSPS) is 10.9. The fourth-order valence-corrected chi connectivity index (χ4v) is 2.84. The summed E-state index contributed by atoms with van der Waals surface area (Å²) in [6.45, 7) is 2.03. The molecule has 0 aliphatic rings. The van der Waals surface area contributed by atoms with Crippen LogP contribution in [0.25, 0.3) is 21.8 Å². The summed E-state index contributed by atoms with van der Waals surface area (Å²) >= 11 is 0. The van der Waals surface area contributed by atoms with Crippen LogP contribution in [0.3, 0.4) is 0 Å². The first-order valence-corrected chi connectivity index (χ1v) is 7.79. The van der Waals surface area contributed by atoms with Gasteiger partial charge in [0, 0.05) is 28.2 Å². The third-order valence-corrected chi connectivity index (χ3v) is 4.02. The number of hydrogen-bond acceptors (Lipinski definition) is 5. The lowest BCUT2D eigenvalue weighted by Crippen LogP contribution is -2.10. The second-order valence-electron chi connectivity index (χ2n) is 5.84. The van der Waals surface area contributed by atoms with Crippen LogP contribution in [0.2, 0.25) is 0 Å². The Bertz CT molecular complexity index is 1120. The molecule has 6 heteroatoms. The molecule has 0 saturated carbocycles. The molecule has 0 radical (unpaired) electrons. The first-order valence-electron chi connectivity index (χ1n) is 7.79. The van der Waals surface area contributed by atoms with Crippen LogP contribution in [0.4, 0.5) is 11.5 Å². The van der Waals surface area contributed by atoms with Crippen LogP contribution < -0.4 is 11.1 Å². The Labute approximate surface area is 143 Å². The molecule has 122 valence electrons. The summed E-state index contributed by atoms with van der Waals surface area (Å²) in [7, 11) is 0. The van der Waals surface area contributed by atoms with Gasteiger partial charge in [-0.1, -0.05) is 18.2 Å². The monoisotopic (exact) mass is 329 g/mol. The number of amides is 1. The summed E-state index contributed by atoms with van der Waals surface area (Å²) in [5.74, 6) is 0.124. The molecule has 4 aromatic rings. The number of primary amides is 1. The van der Waals surface area contributed by atoms with Crippen molar-refractivity contribution >= 4 is 39.2 Å². The smallest absolute Gasteiger partial charge is 0.248 e. The Morgan fingerprint density at radius 1 is 1.12 bits per heavy atom.